The fraction of sp³-hybridized carbons (Fsp3) is 0.316. The van der Waals surface area contributed by atoms with E-state index in [0.717, 1.165) is 6.07 Å². The number of carboxylic acids is 1. The largest absolute Gasteiger partial charge is 0.477 e. The molecule has 2 N–H and O–H groups in total. The molecule has 0 fully saturated rings. The molecule has 3 rings (SSSR count). The second kappa shape index (κ2) is 7.97. The molecule has 0 atom stereocenters. The molecule has 0 amide bonds. The van der Waals surface area contributed by atoms with Gasteiger partial charge in [0.15, 0.2) is 11.5 Å². The van der Waals surface area contributed by atoms with Gasteiger partial charge >= 0.3 is 12.1 Å². The highest BCUT2D eigenvalue weighted by Gasteiger charge is 2.41. The minimum absolute atomic E-state index is 0.00972. The quantitative estimate of drug-likeness (QED) is 0.505. The molecule has 12 heteroatoms. The molecule has 0 unspecified atom stereocenters. The second-order valence-corrected chi connectivity index (χ2v) is 7.51. The van der Waals surface area contributed by atoms with Gasteiger partial charge in [-0.25, -0.2) is 9.18 Å². The van der Waals surface area contributed by atoms with Crippen molar-refractivity contribution in [2.24, 2.45) is 0 Å². The van der Waals surface area contributed by atoms with E-state index in [1.54, 1.807) is 0 Å². The standard InChI is InChI=1S/C19H16ClF4N3O4/c1-18(2,30)6-7-27-16(19(22,23)24)9(8-25-27)15-13(17(28)29)14(26-31-15)12-10(20)4-3-5-11(12)21/h3-5,8,30H,6-7H2,1-2H3,(H,28,29)/i7D2. The zero-order chi connectivity index (χ0) is 24.9. The van der Waals surface area contributed by atoms with Crippen LogP contribution in [0.1, 0.15) is 39.1 Å². The Labute approximate surface area is 180 Å². The monoisotopic (exact) mass is 463 g/mol. The van der Waals surface area contributed by atoms with E-state index in [9.17, 15) is 32.6 Å². The van der Waals surface area contributed by atoms with Gasteiger partial charge in [0.1, 0.15) is 17.1 Å². The van der Waals surface area contributed by atoms with Crippen molar-refractivity contribution in [1.29, 1.82) is 0 Å². The number of rotatable bonds is 6. The van der Waals surface area contributed by atoms with Gasteiger partial charge in [-0.2, -0.15) is 18.3 Å². The van der Waals surface area contributed by atoms with E-state index in [0.29, 0.717) is 6.20 Å². The maximum Gasteiger partial charge on any atom is 0.433 e. The van der Waals surface area contributed by atoms with Crippen molar-refractivity contribution in [2.45, 2.75) is 38.5 Å². The molecule has 1 aromatic carbocycles. The van der Waals surface area contributed by atoms with Gasteiger partial charge in [-0.3, -0.25) is 4.68 Å². The number of benzene rings is 1. The van der Waals surface area contributed by atoms with Crippen LogP contribution in [-0.2, 0) is 12.7 Å². The zero-order valence-corrected chi connectivity index (χ0v) is 16.7. The average molecular weight is 464 g/mol. The summed E-state index contributed by atoms with van der Waals surface area (Å²) in [6.45, 7) is -0.430. The highest BCUT2D eigenvalue weighted by Crippen LogP contribution is 2.42. The van der Waals surface area contributed by atoms with E-state index in [2.05, 4.69) is 10.3 Å². The van der Waals surface area contributed by atoms with Gasteiger partial charge in [0.2, 0.25) is 0 Å². The smallest absolute Gasteiger partial charge is 0.433 e. The number of carbonyl (C=O) groups is 1. The maximum absolute atomic E-state index is 14.3. The van der Waals surface area contributed by atoms with Gasteiger partial charge in [0.05, 0.1) is 30.7 Å². The molecule has 0 spiro atoms. The Morgan fingerprint density at radius 1 is 1.35 bits per heavy atom. The third-order valence-electron chi connectivity index (χ3n) is 4.05. The number of aryl methyl sites for hydroxylation is 1. The van der Waals surface area contributed by atoms with Crippen molar-refractivity contribution in [2.75, 3.05) is 0 Å². The number of halogens is 5. The van der Waals surface area contributed by atoms with Crippen molar-refractivity contribution in [3.8, 4) is 22.6 Å². The molecule has 3 aromatic rings. The van der Waals surface area contributed by atoms with Crippen molar-refractivity contribution >= 4 is 17.6 Å². The molecular formula is C19H16ClF4N3O4. The highest BCUT2D eigenvalue weighted by atomic mass is 35.5. The normalized spacial score (nSPS) is 13.8. The van der Waals surface area contributed by atoms with Crippen molar-refractivity contribution < 1.29 is 39.8 Å². The van der Waals surface area contributed by atoms with E-state index in [-0.39, 0.29) is 9.70 Å². The van der Waals surface area contributed by atoms with Crippen LogP contribution < -0.4 is 0 Å². The van der Waals surface area contributed by atoms with Crippen LogP contribution in [0.2, 0.25) is 5.02 Å². The van der Waals surface area contributed by atoms with E-state index in [1.807, 2.05) is 0 Å². The van der Waals surface area contributed by atoms with Gasteiger partial charge < -0.3 is 14.7 Å². The number of alkyl halides is 3. The lowest BCUT2D eigenvalue weighted by molar-refractivity contribution is -0.144. The van der Waals surface area contributed by atoms with E-state index < -0.39 is 70.3 Å². The number of aromatic carboxylic acids is 1. The van der Waals surface area contributed by atoms with E-state index >= 15 is 0 Å². The molecular weight excluding hydrogens is 446 g/mol. The van der Waals surface area contributed by atoms with Crippen molar-refractivity contribution in [1.82, 2.24) is 14.9 Å². The fourth-order valence-corrected chi connectivity index (χ4v) is 3.00. The SMILES string of the molecule is [2H]C([2H])(CC(C)(C)O)n1ncc(-c2onc(-c3c(F)cccc3Cl)c2C(=O)O)c1C(F)(F)F. The van der Waals surface area contributed by atoms with E-state index in [4.69, 9.17) is 18.9 Å². The van der Waals surface area contributed by atoms with Crippen LogP contribution >= 0.6 is 11.6 Å². The minimum Gasteiger partial charge on any atom is -0.477 e. The fourth-order valence-electron chi connectivity index (χ4n) is 2.74. The van der Waals surface area contributed by atoms with Crippen LogP contribution in [0.3, 0.4) is 0 Å². The molecule has 31 heavy (non-hydrogen) atoms. The molecule has 0 radical (unpaired) electrons. The minimum atomic E-state index is -5.23. The number of hydrogen-bond donors (Lipinski definition) is 2. The Morgan fingerprint density at radius 2 is 2.03 bits per heavy atom. The summed E-state index contributed by atoms with van der Waals surface area (Å²) in [5.41, 5.74) is -6.39. The summed E-state index contributed by atoms with van der Waals surface area (Å²) in [6.07, 6.45) is -5.44. The summed E-state index contributed by atoms with van der Waals surface area (Å²) in [5, 5.41) is 26.2. The lowest BCUT2D eigenvalue weighted by Gasteiger charge is -2.18. The average Bonchev–Trinajstić information content (AvgIpc) is 3.23. The Hall–Kier alpha value is -2.92. The summed E-state index contributed by atoms with van der Waals surface area (Å²) >= 11 is 5.94. The Kier molecular flexibility index (Phi) is 5.14. The first kappa shape index (κ1) is 20.0. The lowest BCUT2D eigenvalue weighted by Crippen LogP contribution is -2.24. The molecule has 2 aromatic heterocycles. The second-order valence-electron chi connectivity index (χ2n) is 7.10. The molecule has 0 aliphatic rings. The van der Waals surface area contributed by atoms with Crippen LogP contribution in [0.25, 0.3) is 22.6 Å². The van der Waals surface area contributed by atoms with Gasteiger partial charge in [0.25, 0.3) is 0 Å². The Balaban J connectivity index is 2.30. The summed E-state index contributed by atoms with van der Waals surface area (Å²) in [7, 11) is 0. The van der Waals surface area contributed by atoms with Crippen LogP contribution in [0.5, 0.6) is 0 Å². The summed E-state index contributed by atoms with van der Waals surface area (Å²) in [4.78, 5) is 11.9. The third kappa shape index (κ3) is 4.57. The molecule has 0 bridgehead atoms. The molecule has 0 aliphatic heterocycles. The molecule has 0 saturated heterocycles. The van der Waals surface area contributed by atoms with Crippen LogP contribution in [0.4, 0.5) is 17.6 Å². The van der Waals surface area contributed by atoms with E-state index in [1.165, 1.54) is 26.0 Å². The van der Waals surface area contributed by atoms with Gasteiger partial charge in [-0.05, 0) is 32.4 Å². The number of carboxylic acid groups (broad SMARTS) is 1. The zero-order valence-electron chi connectivity index (χ0n) is 18.0. The molecule has 7 nitrogen and oxygen atoms in total. The molecule has 0 aliphatic carbocycles. The third-order valence-corrected chi connectivity index (χ3v) is 4.36. The first-order chi connectivity index (χ1) is 15.0. The number of hydrogen-bond acceptors (Lipinski definition) is 5. The van der Waals surface area contributed by atoms with Crippen LogP contribution in [0.15, 0.2) is 28.9 Å². The predicted octanol–water partition coefficient (Wildman–Crippen LogP) is 4.88. The first-order valence-electron chi connectivity index (χ1n) is 9.60. The molecule has 0 saturated carbocycles. The number of nitrogens with zero attached hydrogens (tertiary/aromatic N) is 3. The summed E-state index contributed by atoms with van der Waals surface area (Å²) in [6, 6.07) is 3.41. The molecule has 2 heterocycles. The van der Waals surface area contributed by atoms with Gasteiger partial charge in [-0.15, -0.1) is 0 Å². The first-order valence-corrected chi connectivity index (χ1v) is 8.98. The van der Waals surface area contributed by atoms with Crippen LogP contribution in [-0.4, -0.2) is 36.7 Å². The van der Waals surface area contributed by atoms with Crippen molar-refractivity contribution in [3.63, 3.8) is 0 Å². The topological polar surface area (TPSA) is 101 Å². The Morgan fingerprint density at radius 3 is 2.58 bits per heavy atom. The van der Waals surface area contributed by atoms with Crippen molar-refractivity contribution in [3.05, 3.63) is 46.5 Å². The van der Waals surface area contributed by atoms with Crippen LogP contribution in [0, 0.1) is 5.82 Å². The number of aliphatic hydroxyl groups is 1. The molecule has 166 valence electrons. The lowest BCUT2D eigenvalue weighted by atomic mass is 10.0. The number of aromatic nitrogens is 3. The van der Waals surface area contributed by atoms with Gasteiger partial charge in [0, 0.05) is 6.50 Å². The maximum atomic E-state index is 14.3. The highest BCUT2D eigenvalue weighted by molar-refractivity contribution is 6.33. The predicted molar refractivity (Wildman–Crippen MR) is 101 cm³/mol. The summed E-state index contributed by atoms with van der Waals surface area (Å²) in [5.74, 6) is -3.70. The summed E-state index contributed by atoms with van der Waals surface area (Å²) < 4.78 is 77.3. The van der Waals surface area contributed by atoms with Gasteiger partial charge in [-0.1, -0.05) is 22.8 Å². The Bertz CT molecular complexity index is 1200.